The number of ketones is 1. The van der Waals surface area contributed by atoms with Crippen molar-refractivity contribution in [3.63, 3.8) is 0 Å². The first-order valence-corrected chi connectivity index (χ1v) is 7.76. The number of carbonyl (C=O) groups is 1. The van der Waals surface area contributed by atoms with Crippen molar-refractivity contribution in [2.75, 3.05) is 0 Å². The van der Waals surface area contributed by atoms with Crippen LogP contribution < -0.4 is 29.6 Å². The largest absolute Gasteiger partial charge is 1.00 e. The summed E-state index contributed by atoms with van der Waals surface area (Å²) in [6, 6.07) is 14.1. The summed E-state index contributed by atoms with van der Waals surface area (Å²) < 4.78 is 11.4. The summed E-state index contributed by atoms with van der Waals surface area (Å²) in [5.41, 5.74) is 3.36. The van der Waals surface area contributed by atoms with Crippen LogP contribution in [-0.2, 0) is 4.79 Å². The molecule has 114 valence electrons. The fourth-order valence-corrected chi connectivity index (χ4v) is 2.87. The molecule has 0 bridgehead atoms. The Bertz CT molecular complexity index is 818. The Morgan fingerprint density at radius 2 is 1.54 bits per heavy atom. The normalized spacial score (nSPS) is 12.9. The van der Waals surface area contributed by atoms with Crippen molar-refractivity contribution in [2.45, 2.75) is 4.90 Å². The number of carbonyl (C=O) groups excluding carboxylic acids is 1. The first-order chi connectivity index (χ1) is 11.2. The third-order valence-corrected chi connectivity index (χ3v) is 4.08. The summed E-state index contributed by atoms with van der Waals surface area (Å²) in [5, 5.41) is 9.51. The maximum atomic E-state index is 11.4. The van der Waals surface area contributed by atoms with Crippen molar-refractivity contribution in [2.24, 2.45) is 0 Å². The summed E-state index contributed by atoms with van der Waals surface area (Å²) in [6.45, 7) is 0. The van der Waals surface area contributed by atoms with Crippen LogP contribution in [-0.4, -0.2) is 15.4 Å². The monoisotopic (exact) mass is 344 g/mol. The van der Waals surface area contributed by atoms with Crippen LogP contribution in [0.5, 0.6) is 5.75 Å². The number of phenolic OH excluding ortho intramolecular Hbond substituents is 1. The Hall–Kier alpha value is -1.56. The zero-order valence-corrected chi connectivity index (χ0v) is 15.9. The Balaban J connectivity index is 0.00000208. The van der Waals surface area contributed by atoms with Gasteiger partial charge < -0.3 is 9.66 Å². The van der Waals surface area contributed by atoms with Crippen LogP contribution in [0.3, 0.4) is 0 Å². The summed E-state index contributed by atoms with van der Waals surface area (Å²) in [5.74, 6) is 0.111. The van der Waals surface area contributed by atoms with E-state index in [9.17, 15) is 14.5 Å². The molecule has 2 aromatic rings. The zero-order valence-electron chi connectivity index (χ0n) is 13.1. The van der Waals surface area contributed by atoms with Gasteiger partial charge in [-0.15, -0.1) is 0 Å². The van der Waals surface area contributed by atoms with Gasteiger partial charge in [-0.1, -0.05) is 42.5 Å². The number of phenols is 1. The summed E-state index contributed by atoms with van der Waals surface area (Å²) in [7, 11) is 0. The van der Waals surface area contributed by atoms with E-state index in [2.05, 4.69) is 0 Å². The summed E-state index contributed by atoms with van der Waals surface area (Å²) in [4.78, 5) is 12.0. The molecule has 0 aliphatic heterocycles. The molecular formula is C19H13NaO3S. The van der Waals surface area contributed by atoms with Crippen LogP contribution >= 0.6 is 12.0 Å². The van der Waals surface area contributed by atoms with Gasteiger partial charge in [-0.05, 0) is 52.6 Å². The van der Waals surface area contributed by atoms with E-state index in [1.807, 2.05) is 18.2 Å². The van der Waals surface area contributed by atoms with Crippen molar-refractivity contribution in [3.05, 3.63) is 89.5 Å². The van der Waals surface area contributed by atoms with E-state index in [0.29, 0.717) is 16.9 Å². The first kappa shape index (κ1) is 18.8. The van der Waals surface area contributed by atoms with Crippen LogP contribution in [0.25, 0.3) is 5.57 Å². The molecule has 1 aliphatic rings. The molecular weight excluding hydrogens is 331 g/mol. The van der Waals surface area contributed by atoms with Gasteiger partial charge in [0.2, 0.25) is 0 Å². The van der Waals surface area contributed by atoms with Gasteiger partial charge in [-0.2, -0.15) is 0 Å². The van der Waals surface area contributed by atoms with Crippen molar-refractivity contribution < 1.29 is 44.0 Å². The van der Waals surface area contributed by atoms with E-state index < -0.39 is 0 Å². The van der Waals surface area contributed by atoms with E-state index in [1.165, 1.54) is 12.2 Å². The van der Waals surface area contributed by atoms with Crippen LogP contribution in [0.15, 0.2) is 83.3 Å². The van der Waals surface area contributed by atoms with Crippen LogP contribution in [0.2, 0.25) is 0 Å². The minimum absolute atomic E-state index is 0. The summed E-state index contributed by atoms with van der Waals surface area (Å²) >= 11 is 0.437. The average molecular weight is 344 g/mol. The van der Waals surface area contributed by atoms with E-state index in [0.717, 1.165) is 22.3 Å². The van der Waals surface area contributed by atoms with Crippen LogP contribution in [0.4, 0.5) is 0 Å². The molecule has 0 radical (unpaired) electrons. The predicted octanol–water partition coefficient (Wildman–Crippen LogP) is 1.12. The van der Waals surface area contributed by atoms with Crippen molar-refractivity contribution in [1.82, 2.24) is 0 Å². The minimum atomic E-state index is -0.0645. The molecule has 1 aliphatic carbocycles. The molecule has 0 unspecified atom stereocenters. The second kappa shape index (κ2) is 8.51. The van der Waals surface area contributed by atoms with Crippen molar-refractivity contribution in [1.29, 1.82) is 0 Å². The maximum Gasteiger partial charge on any atom is 1.00 e. The molecule has 0 spiro atoms. The molecule has 0 atom stereocenters. The molecule has 0 heterocycles. The number of allylic oxidation sites excluding steroid dienone is 5. The molecule has 24 heavy (non-hydrogen) atoms. The third kappa shape index (κ3) is 4.09. The fraction of sp³-hybridized carbons (Fsp3) is 0. The van der Waals surface area contributed by atoms with Gasteiger partial charge in [0.25, 0.3) is 0 Å². The van der Waals surface area contributed by atoms with Crippen LogP contribution in [0, 0.1) is 0 Å². The van der Waals surface area contributed by atoms with Gasteiger partial charge in [-0.3, -0.25) is 4.79 Å². The van der Waals surface area contributed by atoms with Gasteiger partial charge in [0.15, 0.2) is 5.78 Å². The molecule has 3 nitrogen and oxygen atoms in total. The van der Waals surface area contributed by atoms with Crippen molar-refractivity contribution in [3.8, 4) is 5.75 Å². The standard InChI is InChI=1S/C19H14O3S.Na/c20-15-9-5-13(6-10-15)19(14-7-11-16(21)12-8-14)17-3-1-2-4-18(17)23-22;/h1-12,20,22H;/q;+1/p-1. The minimum Gasteiger partial charge on any atom is -0.795 e. The van der Waals surface area contributed by atoms with Gasteiger partial charge in [0.05, 0.1) is 0 Å². The van der Waals surface area contributed by atoms with E-state index in [-0.39, 0.29) is 41.1 Å². The Labute approximate surface area is 166 Å². The van der Waals surface area contributed by atoms with E-state index >= 15 is 0 Å². The fourth-order valence-electron chi connectivity index (χ4n) is 2.47. The van der Waals surface area contributed by atoms with E-state index in [1.54, 1.807) is 42.5 Å². The smallest absolute Gasteiger partial charge is 0.795 e. The topological polar surface area (TPSA) is 60.4 Å². The number of rotatable bonds is 3. The quantitative estimate of drug-likeness (QED) is 0.670. The Morgan fingerprint density at radius 3 is 2.17 bits per heavy atom. The average Bonchev–Trinajstić information content (AvgIpc) is 2.59. The maximum absolute atomic E-state index is 11.4. The number of hydrogen-bond donors (Lipinski definition) is 1. The zero-order chi connectivity index (χ0) is 16.2. The number of aromatic hydroxyl groups is 1. The van der Waals surface area contributed by atoms with Crippen LogP contribution in [0.1, 0.15) is 11.1 Å². The molecule has 3 rings (SSSR count). The molecule has 0 amide bonds. The number of hydrogen-bond acceptors (Lipinski definition) is 4. The molecule has 0 saturated carbocycles. The predicted molar refractivity (Wildman–Crippen MR) is 90.5 cm³/mol. The molecule has 0 saturated heterocycles. The van der Waals surface area contributed by atoms with Gasteiger partial charge in [-0.25, -0.2) is 12.0 Å². The van der Waals surface area contributed by atoms with E-state index in [4.69, 9.17) is 0 Å². The second-order valence-electron chi connectivity index (χ2n) is 5.03. The molecule has 0 fully saturated rings. The van der Waals surface area contributed by atoms with Gasteiger partial charge in [0, 0.05) is 4.90 Å². The third-order valence-electron chi connectivity index (χ3n) is 3.55. The second-order valence-corrected chi connectivity index (χ2v) is 5.63. The first-order valence-electron chi connectivity index (χ1n) is 7.02. The van der Waals surface area contributed by atoms with Crippen molar-refractivity contribution >= 4 is 23.4 Å². The molecule has 2 aromatic carbocycles. The van der Waals surface area contributed by atoms with Gasteiger partial charge in [0.1, 0.15) is 5.75 Å². The number of benzene rings is 2. The summed E-state index contributed by atoms with van der Waals surface area (Å²) in [6.07, 6.45) is 6.50. The Kier molecular flexibility index (Phi) is 6.66. The van der Waals surface area contributed by atoms with Gasteiger partial charge >= 0.3 is 29.6 Å². The molecule has 0 aromatic heterocycles. The molecule has 1 N–H and O–H groups in total. The SMILES string of the molecule is O=C1C=CC(=C(c2ccc(O)cc2)c2ccccc2S[O-])C=C1.[Na+]. The molecule has 5 heteroatoms. The Morgan fingerprint density at radius 1 is 0.917 bits per heavy atom.